The fourth-order valence-electron chi connectivity index (χ4n) is 4.65. The minimum Gasteiger partial charge on any atom is -0.480 e. The van der Waals surface area contributed by atoms with Crippen LogP contribution in [0.5, 0.6) is 0 Å². The summed E-state index contributed by atoms with van der Waals surface area (Å²) in [5.74, 6) is -4.27. The predicted molar refractivity (Wildman–Crippen MR) is 133 cm³/mol. The number of thioether (sulfide) groups is 1. The highest BCUT2D eigenvalue weighted by Gasteiger charge is 2.42. The van der Waals surface area contributed by atoms with Crippen LogP contribution >= 0.6 is 11.8 Å². The van der Waals surface area contributed by atoms with Crippen molar-refractivity contribution in [3.63, 3.8) is 0 Å². The minimum atomic E-state index is -1.24. The Morgan fingerprint density at radius 1 is 0.947 bits per heavy atom. The van der Waals surface area contributed by atoms with Gasteiger partial charge >= 0.3 is 11.9 Å². The molecule has 0 saturated carbocycles. The molecule has 2 saturated heterocycles. The molecule has 15 heteroatoms. The van der Waals surface area contributed by atoms with Crippen LogP contribution < -0.4 is 10.6 Å². The summed E-state index contributed by atoms with van der Waals surface area (Å²) in [6.07, 6.45) is 3.50. The SMILES string of the molecule is CSCC(=O)N[C@H]1C[C@@H](C(=O)O)N(C(=O)COCC(=O)N2C[C@@H](NC(=O)c3cccn3C)C[C@H]2C(=O)O)C1. The molecule has 3 rings (SSSR count). The Balaban J connectivity index is 1.52. The number of carboxylic acid groups (broad SMARTS) is 2. The molecule has 1 aromatic heterocycles. The highest BCUT2D eigenvalue weighted by Crippen LogP contribution is 2.21. The van der Waals surface area contributed by atoms with Gasteiger partial charge < -0.3 is 40.0 Å². The normalized spacial score (nSPS) is 22.8. The third kappa shape index (κ3) is 7.04. The zero-order valence-electron chi connectivity index (χ0n) is 21.0. The van der Waals surface area contributed by atoms with Gasteiger partial charge in [0.15, 0.2) is 0 Å². The van der Waals surface area contributed by atoms with Crippen molar-refractivity contribution in [3.05, 3.63) is 24.0 Å². The lowest BCUT2D eigenvalue weighted by Gasteiger charge is -2.23. The number of nitrogens with one attached hydrogen (secondary N) is 2. The zero-order chi connectivity index (χ0) is 28.0. The van der Waals surface area contributed by atoms with Crippen LogP contribution in [0.1, 0.15) is 23.3 Å². The Bertz CT molecular complexity index is 1090. The van der Waals surface area contributed by atoms with Gasteiger partial charge in [0.25, 0.3) is 5.91 Å². The van der Waals surface area contributed by atoms with Gasteiger partial charge in [0.2, 0.25) is 17.7 Å². The molecule has 4 N–H and O–H groups in total. The van der Waals surface area contributed by atoms with Gasteiger partial charge in [-0.25, -0.2) is 9.59 Å². The number of likely N-dealkylation sites (tertiary alicyclic amines) is 2. The van der Waals surface area contributed by atoms with E-state index in [1.807, 2.05) is 0 Å². The number of carbonyl (C=O) groups excluding carboxylic acids is 4. The van der Waals surface area contributed by atoms with Gasteiger partial charge in [-0.15, -0.1) is 0 Å². The second-order valence-electron chi connectivity index (χ2n) is 9.14. The fourth-order valence-corrected chi connectivity index (χ4v) is 4.99. The quantitative estimate of drug-likeness (QED) is 0.247. The monoisotopic (exact) mass is 553 g/mol. The van der Waals surface area contributed by atoms with Crippen molar-refractivity contribution in [3.8, 4) is 0 Å². The van der Waals surface area contributed by atoms with Gasteiger partial charge in [-0.05, 0) is 18.4 Å². The van der Waals surface area contributed by atoms with E-state index in [0.29, 0.717) is 5.69 Å². The van der Waals surface area contributed by atoms with Gasteiger partial charge in [-0.3, -0.25) is 19.2 Å². The Morgan fingerprint density at radius 2 is 1.47 bits per heavy atom. The average Bonchev–Trinajstić information content (AvgIpc) is 3.57. The largest absolute Gasteiger partial charge is 0.480 e. The summed E-state index contributed by atoms with van der Waals surface area (Å²) in [6.45, 7) is -1.26. The smallest absolute Gasteiger partial charge is 0.326 e. The van der Waals surface area contributed by atoms with E-state index >= 15 is 0 Å². The first-order chi connectivity index (χ1) is 18.0. The number of hydrogen-bond acceptors (Lipinski definition) is 8. The molecular weight excluding hydrogens is 522 g/mol. The molecule has 14 nitrogen and oxygen atoms in total. The van der Waals surface area contributed by atoms with Crippen LogP contribution in [0.15, 0.2) is 18.3 Å². The van der Waals surface area contributed by atoms with Crippen LogP contribution in [0.2, 0.25) is 0 Å². The molecule has 4 atom stereocenters. The molecule has 4 amide bonds. The molecule has 0 aromatic carbocycles. The molecule has 0 radical (unpaired) electrons. The Kier molecular flexibility index (Phi) is 9.74. The highest BCUT2D eigenvalue weighted by molar-refractivity contribution is 7.99. The van der Waals surface area contributed by atoms with Crippen molar-refractivity contribution >= 4 is 47.3 Å². The van der Waals surface area contributed by atoms with E-state index in [9.17, 15) is 39.0 Å². The number of nitrogens with zero attached hydrogens (tertiary/aromatic N) is 3. The lowest BCUT2D eigenvalue weighted by atomic mass is 10.1. The Labute approximate surface area is 222 Å². The number of ether oxygens (including phenoxy) is 1. The number of carboxylic acids is 2. The van der Waals surface area contributed by atoms with Crippen LogP contribution in [0, 0.1) is 0 Å². The van der Waals surface area contributed by atoms with Crippen molar-refractivity contribution in [2.24, 2.45) is 7.05 Å². The maximum Gasteiger partial charge on any atom is 0.326 e. The molecule has 2 fully saturated rings. The first-order valence-electron chi connectivity index (χ1n) is 11.8. The van der Waals surface area contributed by atoms with Crippen LogP contribution in [0.4, 0.5) is 0 Å². The summed E-state index contributed by atoms with van der Waals surface area (Å²) in [7, 11) is 1.70. The van der Waals surface area contributed by atoms with Crippen molar-refractivity contribution in [2.75, 3.05) is 38.3 Å². The third-order valence-electron chi connectivity index (χ3n) is 6.42. The summed E-state index contributed by atoms with van der Waals surface area (Å²) in [6, 6.07) is -0.136. The van der Waals surface area contributed by atoms with E-state index in [0.717, 1.165) is 9.80 Å². The molecule has 3 heterocycles. The van der Waals surface area contributed by atoms with Gasteiger partial charge in [0.1, 0.15) is 31.0 Å². The highest BCUT2D eigenvalue weighted by atomic mass is 32.2. The Morgan fingerprint density at radius 3 is 1.92 bits per heavy atom. The number of aliphatic carboxylic acids is 2. The summed E-state index contributed by atoms with van der Waals surface area (Å²) in [5, 5.41) is 24.5. The number of aryl methyl sites for hydroxylation is 1. The van der Waals surface area contributed by atoms with Crippen molar-refractivity contribution in [1.29, 1.82) is 0 Å². The van der Waals surface area contributed by atoms with Crippen LogP contribution in [0.25, 0.3) is 0 Å². The molecule has 0 aliphatic carbocycles. The van der Waals surface area contributed by atoms with E-state index in [1.165, 1.54) is 11.8 Å². The number of rotatable bonds is 11. The second kappa shape index (κ2) is 12.8. The van der Waals surface area contributed by atoms with E-state index < -0.39 is 67.0 Å². The lowest BCUT2D eigenvalue weighted by molar-refractivity contribution is -0.153. The minimum absolute atomic E-state index is 0.00782. The number of aromatic nitrogens is 1. The predicted octanol–water partition coefficient (Wildman–Crippen LogP) is -1.64. The molecular formula is C23H31N5O9S. The fraction of sp³-hybridized carbons (Fsp3) is 0.565. The molecule has 2 aliphatic heterocycles. The van der Waals surface area contributed by atoms with E-state index in [4.69, 9.17) is 4.74 Å². The number of amides is 4. The maximum atomic E-state index is 12.7. The van der Waals surface area contributed by atoms with E-state index in [1.54, 1.807) is 36.2 Å². The lowest BCUT2D eigenvalue weighted by Crippen LogP contribution is -2.45. The van der Waals surface area contributed by atoms with Crippen LogP contribution in [-0.2, 0) is 35.8 Å². The van der Waals surface area contributed by atoms with Crippen molar-refractivity contribution in [1.82, 2.24) is 25.0 Å². The molecule has 0 unspecified atom stereocenters. The topological polar surface area (TPSA) is 188 Å². The molecule has 38 heavy (non-hydrogen) atoms. The molecule has 2 aliphatic rings. The van der Waals surface area contributed by atoms with Crippen LogP contribution in [-0.4, -0.2) is 123 Å². The van der Waals surface area contributed by atoms with Gasteiger partial charge in [0, 0.05) is 51.3 Å². The molecule has 0 spiro atoms. The summed E-state index contributed by atoms with van der Waals surface area (Å²) in [4.78, 5) is 75.2. The summed E-state index contributed by atoms with van der Waals surface area (Å²) < 4.78 is 6.85. The Hall–Kier alpha value is -3.59. The maximum absolute atomic E-state index is 12.7. The van der Waals surface area contributed by atoms with E-state index in [2.05, 4.69) is 10.6 Å². The first-order valence-corrected chi connectivity index (χ1v) is 13.2. The second-order valence-corrected chi connectivity index (χ2v) is 10.0. The number of hydrogen-bond donors (Lipinski definition) is 4. The van der Waals surface area contributed by atoms with Crippen LogP contribution in [0.3, 0.4) is 0 Å². The standard InChI is InChI=1S/C23H31N5O9S/c1-26-5-3-4-15(26)21(32)25-14-7-17(23(35)36)28(9-14)20(31)11-37-10-19(30)27-8-13(6-16(27)22(33)34)24-18(29)12-38-2/h3-5,13-14,16-17H,6-12H2,1-2H3,(H,24,29)(H,25,32)(H,33,34)(H,35,36)/t13-,14-,16-,17-/m0/s1. The first kappa shape index (κ1) is 29.0. The van der Waals surface area contributed by atoms with E-state index in [-0.39, 0.29) is 37.6 Å². The zero-order valence-corrected chi connectivity index (χ0v) is 21.8. The summed E-state index contributed by atoms with van der Waals surface area (Å²) in [5.41, 5.74) is 0.385. The van der Waals surface area contributed by atoms with Crippen molar-refractivity contribution in [2.45, 2.75) is 37.0 Å². The molecule has 1 aromatic rings. The number of carbonyl (C=O) groups is 6. The molecule has 0 bridgehead atoms. The summed E-state index contributed by atoms with van der Waals surface area (Å²) >= 11 is 1.31. The average molecular weight is 554 g/mol. The van der Waals surface area contributed by atoms with Gasteiger partial charge in [0.05, 0.1) is 5.75 Å². The third-order valence-corrected chi connectivity index (χ3v) is 6.97. The van der Waals surface area contributed by atoms with Gasteiger partial charge in [-0.1, -0.05) is 0 Å². The van der Waals surface area contributed by atoms with Gasteiger partial charge in [-0.2, -0.15) is 11.8 Å². The molecule has 208 valence electrons. The van der Waals surface area contributed by atoms with Crippen molar-refractivity contribution < 1.29 is 43.7 Å².